The first-order valence-electron chi connectivity index (χ1n) is 8.77. The topological polar surface area (TPSA) is 103 Å². The Kier molecular flexibility index (Phi) is 7.17. The van der Waals surface area contributed by atoms with E-state index < -0.39 is 31.1 Å². The van der Waals surface area contributed by atoms with Crippen LogP contribution in [-0.4, -0.2) is 38.2 Å². The van der Waals surface area contributed by atoms with E-state index in [-0.39, 0.29) is 25.6 Å². The summed E-state index contributed by atoms with van der Waals surface area (Å²) in [6.45, 7) is 5.63. The van der Waals surface area contributed by atoms with Crippen LogP contribution < -0.4 is 10.4 Å². The maximum atomic E-state index is 13.0. The monoisotopic (exact) mass is 398 g/mol. The molecule has 8 nitrogen and oxygen atoms in total. The maximum absolute atomic E-state index is 13.0. The van der Waals surface area contributed by atoms with Gasteiger partial charge in [0.25, 0.3) is 0 Å². The summed E-state index contributed by atoms with van der Waals surface area (Å²) in [5.41, 5.74) is 0.241. The molecule has 0 bridgehead atoms. The molecule has 1 fully saturated rings. The Bertz CT molecular complexity index is 709. The summed E-state index contributed by atoms with van der Waals surface area (Å²) in [5, 5.41) is 5.50. The number of methoxy groups -OCH3 is 1. The summed E-state index contributed by atoms with van der Waals surface area (Å²) in [7, 11) is -2.40. The summed E-state index contributed by atoms with van der Waals surface area (Å²) < 4.78 is 28.7. The molecule has 1 aliphatic rings. The van der Waals surface area contributed by atoms with E-state index in [4.69, 9.17) is 9.05 Å². The molecule has 9 heteroatoms. The number of amides is 1. The van der Waals surface area contributed by atoms with E-state index in [0.717, 1.165) is 5.56 Å². The molecular weight excluding hydrogens is 371 g/mol. The predicted octanol–water partition coefficient (Wildman–Crippen LogP) is 2.57. The lowest BCUT2D eigenvalue weighted by Crippen LogP contribution is -2.50. The molecule has 150 valence electrons. The average molecular weight is 398 g/mol. The van der Waals surface area contributed by atoms with E-state index in [1.54, 1.807) is 13.8 Å². The molecule has 0 spiro atoms. The van der Waals surface area contributed by atoms with Crippen molar-refractivity contribution in [1.29, 1.82) is 0 Å². The fraction of sp³-hybridized carbons (Fsp3) is 0.556. The van der Waals surface area contributed by atoms with Gasteiger partial charge in [0, 0.05) is 18.0 Å². The summed E-state index contributed by atoms with van der Waals surface area (Å²) in [6, 6.07) is 9.16. The van der Waals surface area contributed by atoms with Crippen LogP contribution in [0.15, 0.2) is 30.3 Å². The van der Waals surface area contributed by atoms with Gasteiger partial charge in [0.05, 0.1) is 20.1 Å². The summed E-state index contributed by atoms with van der Waals surface area (Å²) in [5.74, 6) is -0.868. The second-order valence-corrected chi connectivity index (χ2v) is 8.85. The van der Waals surface area contributed by atoms with Gasteiger partial charge in [-0.05, 0) is 12.5 Å². The number of ether oxygens (including phenoxy) is 1. The Morgan fingerprint density at radius 2 is 2.00 bits per heavy atom. The number of carbonyl (C=O) groups is 2. The molecular formula is C18H27N2O6P. The Balaban J connectivity index is 2.03. The van der Waals surface area contributed by atoms with Crippen LogP contribution >= 0.6 is 7.75 Å². The molecule has 1 heterocycles. The molecule has 0 radical (unpaired) electrons. The van der Waals surface area contributed by atoms with Gasteiger partial charge < -0.3 is 10.1 Å². The van der Waals surface area contributed by atoms with E-state index in [1.807, 2.05) is 37.3 Å². The first-order chi connectivity index (χ1) is 12.7. The van der Waals surface area contributed by atoms with Crippen LogP contribution in [0.25, 0.3) is 0 Å². The predicted molar refractivity (Wildman–Crippen MR) is 99.8 cm³/mol. The van der Waals surface area contributed by atoms with Gasteiger partial charge in [-0.1, -0.05) is 44.2 Å². The minimum Gasteiger partial charge on any atom is -0.469 e. The van der Waals surface area contributed by atoms with Gasteiger partial charge in [-0.25, -0.2) is 9.65 Å². The quantitative estimate of drug-likeness (QED) is 0.537. The Morgan fingerprint density at radius 1 is 1.33 bits per heavy atom. The molecule has 0 aliphatic carbocycles. The molecule has 2 N–H and O–H groups in total. The Morgan fingerprint density at radius 3 is 2.63 bits per heavy atom. The smallest absolute Gasteiger partial charge is 0.406 e. The first-order valence-corrected chi connectivity index (χ1v) is 10.3. The zero-order valence-corrected chi connectivity index (χ0v) is 17.0. The molecule has 2 rings (SSSR count). The van der Waals surface area contributed by atoms with Crippen molar-refractivity contribution in [1.82, 2.24) is 10.4 Å². The number of benzene rings is 1. The highest BCUT2D eigenvalue weighted by molar-refractivity contribution is 7.51. The molecule has 27 heavy (non-hydrogen) atoms. The van der Waals surface area contributed by atoms with Gasteiger partial charge in [0.2, 0.25) is 5.91 Å². The summed E-state index contributed by atoms with van der Waals surface area (Å²) in [4.78, 5) is 23.7. The highest BCUT2D eigenvalue weighted by atomic mass is 31.2. The van der Waals surface area contributed by atoms with Crippen molar-refractivity contribution in [2.75, 3.05) is 20.3 Å². The zero-order chi connectivity index (χ0) is 20.1. The van der Waals surface area contributed by atoms with Crippen molar-refractivity contribution < 1.29 is 27.9 Å². The molecule has 0 aromatic heterocycles. The van der Waals surface area contributed by atoms with E-state index in [2.05, 4.69) is 15.1 Å². The molecule has 3 atom stereocenters. The largest absolute Gasteiger partial charge is 0.469 e. The number of hydrogen-bond donors (Lipinski definition) is 2. The number of hydrogen-bond acceptors (Lipinski definition) is 6. The van der Waals surface area contributed by atoms with Gasteiger partial charge in [-0.2, -0.15) is 0 Å². The lowest BCUT2D eigenvalue weighted by atomic mass is 9.87. The zero-order valence-electron chi connectivity index (χ0n) is 16.1. The third-order valence-corrected chi connectivity index (χ3v) is 5.97. The van der Waals surface area contributed by atoms with Gasteiger partial charge in [-0.15, -0.1) is 0 Å². The van der Waals surface area contributed by atoms with Crippen molar-refractivity contribution in [3.8, 4) is 0 Å². The van der Waals surface area contributed by atoms with E-state index in [0.29, 0.717) is 0 Å². The van der Waals surface area contributed by atoms with Gasteiger partial charge >= 0.3 is 13.7 Å². The standard InChI is InChI=1S/C18H27N2O6P/c1-13(14-8-6-5-7-9-14)20-27(23)25-12-18(2,3)16(26-27)17(22)19-11-10-15(21)24-4/h5-9,13,16H,10-12H2,1-4H3,(H,19,22)(H,20,23)/t13?,16-,27?/m0/s1. The number of rotatable bonds is 7. The second kappa shape index (κ2) is 8.97. The molecule has 1 aromatic carbocycles. The minimum atomic E-state index is -3.68. The van der Waals surface area contributed by atoms with Crippen molar-refractivity contribution in [3.63, 3.8) is 0 Å². The van der Waals surface area contributed by atoms with Gasteiger partial charge in [-0.3, -0.25) is 18.6 Å². The number of esters is 1. The lowest BCUT2D eigenvalue weighted by molar-refractivity contribution is -0.141. The summed E-state index contributed by atoms with van der Waals surface area (Å²) >= 11 is 0. The second-order valence-electron chi connectivity index (χ2n) is 7.12. The van der Waals surface area contributed by atoms with Crippen LogP contribution in [-0.2, 0) is 27.9 Å². The SMILES string of the molecule is COC(=O)CCNC(=O)[C@@H]1OP(=O)(NC(C)c2ccccc2)OCC1(C)C. The third-order valence-electron chi connectivity index (χ3n) is 4.31. The fourth-order valence-electron chi connectivity index (χ4n) is 2.65. The highest BCUT2D eigenvalue weighted by Crippen LogP contribution is 2.54. The summed E-state index contributed by atoms with van der Waals surface area (Å²) in [6.07, 6.45) is -0.933. The average Bonchev–Trinajstić information content (AvgIpc) is 2.64. The molecule has 1 amide bonds. The highest BCUT2D eigenvalue weighted by Gasteiger charge is 2.48. The van der Waals surface area contributed by atoms with Gasteiger partial charge in [0.1, 0.15) is 0 Å². The molecule has 1 aliphatic heterocycles. The van der Waals surface area contributed by atoms with Crippen LogP contribution in [0.1, 0.15) is 38.8 Å². The van der Waals surface area contributed by atoms with Crippen molar-refractivity contribution >= 4 is 19.6 Å². The van der Waals surface area contributed by atoms with Crippen LogP contribution in [0.4, 0.5) is 0 Å². The third kappa shape index (κ3) is 5.87. The number of nitrogens with one attached hydrogen (secondary N) is 2. The van der Waals surface area contributed by atoms with Crippen LogP contribution in [0, 0.1) is 5.41 Å². The maximum Gasteiger partial charge on any atom is 0.406 e. The van der Waals surface area contributed by atoms with Crippen molar-refractivity contribution in [2.24, 2.45) is 5.41 Å². The van der Waals surface area contributed by atoms with E-state index >= 15 is 0 Å². The number of carbonyl (C=O) groups excluding carboxylic acids is 2. The van der Waals surface area contributed by atoms with E-state index in [9.17, 15) is 14.2 Å². The first kappa shape index (κ1) is 21.6. The fourth-order valence-corrected chi connectivity index (χ4v) is 4.63. The lowest BCUT2D eigenvalue weighted by Gasteiger charge is -2.40. The molecule has 1 saturated heterocycles. The van der Waals surface area contributed by atoms with Crippen LogP contribution in [0.3, 0.4) is 0 Å². The van der Waals surface area contributed by atoms with Crippen LogP contribution in [0.5, 0.6) is 0 Å². The molecule has 2 unspecified atom stereocenters. The Labute approximate surface area is 159 Å². The van der Waals surface area contributed by atoms with E-state index in [1.165, 1.54) is 7.11 Å². The van der Waals surface area contributed by atoms with Crippen LogP contribution in [0.2, 0.25) is 0 Å². The van der Waals surface area contributed by atoms with Gasteiger partial charge in [0.15, 0.2) is 6.10 Å². The normalized spacial score (nSPS) is 25.4. The minimum absolute atomic E-state index is 0.0485. The van der Waals surface area contributed by atoms with Crippen molar-refractivity contribution in [3.05, 3.63) is 35.9 Å². The Hall–Kier alpha value is -1.73. The van der Waals surface area contributed by atoms with Crippen molar-refractivity contribution in [2.45, 2.75) is 39.3 Å². The molecule has 1 aromatic rings. The molecule has 0 saturated carbocycles.